The van der Waals surface area contributed by atoms with Gasteiger partial charge in [-0.2, -0.15) is 0 Å². The van der Waals surface area contributed by atoms with E-state index in [1.54, 1.807) is 0 Å². The zero-order chi connectivity index (χ0) is 7.28. The van der Waals surface area contributed by atoms with Crippen LogP contribution in [0.3, 0.4) is 0 Å². The van der Waals surface area contributed by atoms with Crippen molar-refractivity contribution in [2.75, 3.05) is 7.11 Å². The van der Waals surface area contributed by atoms with Crippen LogP contribution in [0.15, 0.2) is 11.6 Å². The number of carbonyl (C=O) groups excluding carboxylic acids is 2. The van der Waals surface area contributed by atoms with E-state index in [0.29, 0.717) is 11.9 Å². The smallest absolute Gasteiger partial charge is 0.330 e. The topological polar surface area (TPSA) is 43.4 Å². The number of methoxy groups -OCH3 is 1. The van der Waals surface area contributed by atoms with E-state index in [0.717, 1.165) is 6.08 Å². The number of carbonyl (C=O) groups is 2. The summed E-state index contributed by atoms with van der Waals surface area (Å²) in [6.45, 7) is 1.53. The number of allylic oxidation sites excluding steroid dienone is 1. The molecule has 0 aromatic heterocycles. The first kappa shape index (κ1) is 7.88. The molecule has 0 aromatic carbocycles. The highest BCUT2D eigenvalue weighted by Gasteiger charge is 1.92. The maximum Gasteiger partial charge on any atom is 0.330 e. The summed E-state index contributed by atoms with van der Waals surface area (Å²) < 4.78 is 4.25. The zero-order valence-electron chi connectivity index (χ0n) is 5.38. The van der Waals surface area contributed by atoms with Crippen LogP contribution >= 0.6 is 0 Å². The molecular weight excluding hydrogens is 120 g/mol. The SMILES string of the molecule is COC(=O)/C=C(/C)C=O. The summed E-state index contributed by atoms with van der Waals surface area (Å²) in [7, 11) is 1.26. The van der Waals surface area contributed by atoms with Gasteiger partial charge in [-0.25, -0.2) is 4.79 Å². The van der Waals surface area contributed by atoms with Crippen LogP contribution in [0.5, 0.6) is 0 Å². The Hall–Kier alpha value is -1.12. The Bertz CT molecular complexity index is 146. The van der Waals surface area contributed by atoms with Gasteiger partial charge in [0.1, 0.15) is 6.29 Å². The third-order valence-corrected chi connectivity index (χ3v) is 0.733. The van der Waals surface area contributed by atoms with Crippen molar-refractivity contribution in [1.29, 1.82) is 0 Å². The summed E-state index contributed by atoms with van der Waals surface area (Å²) in [4.78, 5) is 20.2. The summed E-state index contributed by atoms with van der Waals surface area (Å²) in [6, 6.07) is 0. The fraction of sp³-hybridized carbons (Fsp3) is 0.333. The molecule has 0 aliphatic rings. The molecule has 3 heteroatoms. The molecule has 0 atom stereocenters. The van der Waals surface area contributed by atoms with Crippen LogP contribution in [0.2, 0.25) is 0 Å². The molecule has 0 bridgehead atoms. The minimum absolute atomic E-state index is 0.363. The van der Waals surface area contributed by atoms with E-state index in [2.05, 4.69) is 4.74 Å². The molecule has 0 aromatic rings. The number of aldehydes is 1. The lowest BCUT2D eigenvalue weighted by atomic mass is 10.3. The molecule has 3 nitrogen and oxygen atoms in total. The predicted octanol–water partition coefficient (Wildman–Crippen LogP) is 0.305. The van der Waals surface area contributed by atoms with Crippen molar-refractivity contribution < 1.29 is 14.3 Å². The minimum Gasteiger partial charge on any atom is -0.466 e. The van der Waals surface area contributed by atoms with E-state index in [-0.39, 0.29) is 0 Å². The van der Waals surface area contributed by atoms with Gasteiger partial charge in [-0.15, -0.1) is 0 Å². The maximum atomic E-state index is 10.3. The van der Waals surface area contributed by atoms with Crippen molar-refractivity contribution in [1.82, 2.24) is 0 Å². The van der Waals surface area contributed by atoms with Gasteiger partial charge in [0.05, 0.1) is 7.11 Å². The second-order valence-corrected chi connectivity index (χ2v) is 1.53. The number of esters is 1. The maximum absolute atomic E-state index is 10.3. The summed E-state index contributed by atoms with van der Waals surface area (Å²) in [6.07, 6.45) is 1.73. The van der Waals surface area contributed by atoms with Gasteiger partial charge in [0.2, 0.25) is 0 Å². The van der Waals surface area contributed by atoms with Crippen molar-refractivity contribution in [2.24, 2.45) is 0 Å². The van der Waals surface area contributed by atoms with E-state index in [1.165, 1.54) is 14.0 Å². The summed E-state index contributed by atoms with van der Waals surface area (Å²) in [5.41, 5.74) is 0.363. The van der Waals surface area contributed by atoms with E-state index in [1.807, 2.05) is 0 Å². The lowest BCUT2D eigenvalue weighted by Gasteiger charge is -1.88. The Kier molecular flexibility index (Phi) is 3.35. The fourth-order valence-electron chi connectivity index (χ4n) is 0.279. The third kappa shape index (κ3) is 3.46. The van der Waals surface area contributed by atoms with Gasteiger partial charge < -0.3 is 4.74 Å². The van der Waals surface area contributed by atoms with Crippen LogP contribution in [-0.4, -0.2) is 19.4 Å². The molecule has 0 N–H and O–H groups in total. The summed E-state index contributed by atoms with van der Waals surface area (Å²) in [5.74, 6) is -0.500. The van der Waals surface area contributed by atoms with Gasteiger partial charge in [-0.1, -0.05) is 0 Å². The number of ether oxygens (including phenoxy) is 1. The largest absolute Gasteiger partial charge is 0.466 e. The van der Waals surface area contributed by atoms with Crippen molar-refractivity contribution in [3.05, 3.63) is 11.6 Å². The number of rotatable bonds is 2. The van der Waals surface area contributed by atoms with E-state index >= 15 is 0 Å². The molecule has 0 saturated heterocycles. The standard InChI is InChI=1S/C6H8O3/c1-5(4-7)3-6(8)9-2/h3-4H,1-2H3/b5-3-. The molecule has 50 valence electrons. The molecule has 0 unspecified atom stereocenters. The normalized spacial score (nSPS) is 10.7. The number of hydrogen-bond acceptors (Lipinski definition) is 3. The molecule has 0 saturated carbocycles. The van der Waals surface area contributed by atoms with Crippen molar-refractivity contribution in [3.8, 4) is 0 Å². The van der Waals surface area contributed by atoms with Gasteiger partial charge >= 0.3 is 5.97 Å². The number of hydrogen-bond donors (Lipinski definition) is 0. The van der Waals surface area contributed by atoms with Gasteiger partial charge in [0, 0.05) is 6.08 Å². The highest BCUT2D eigenvalue weighted by Crippen LogP contribution is 1.86. The van der Waals surface area contributed by atoms with E-state index < -0.39 is 5.97 Å². The monoisotopic (exact) mass is 128 g/mol. The predicted molar refractivity (Wildman–Crippen MR) is 31.8 cm³/mol. The lowest BCUT2D eigenvalue weighted by molar-refractivity contribution is -0.135. The van der Waals surface area contributed by atoms with Gasteiger partial charge in [-0.3, -0.25) is 4.79 Å². The average Bonchev–Trinajstić information content (AvgIpc) is 1.87. The average molecular weight is 128 g/mol. The van der Waals surface area contributed by atoms with Crippen LogP contribution < -0.4 is 0 Å². The first-order valence-corrected chi connectivity index (χ1v) is 2.42. The van der Waals surface area contributed by atoms with Crippen LogP contribution in [0.1, 0.15) is 6.92 Å². The van der Waals surface area contributed by atoms with Gasteiger partial charge in [0.15, 0.2) is 0 Å². The third-order valence-electron chi connectivity index (χ3n) is 0.733. The van der Waals surface area contributed by atoms with Gasteiger partial charge in [0.25, 0.3) is 0 Å². The van der Waals surface area contributed by atoms with Crippen LogP contribution in [0.4, 0.5) is 0 Å². The lowest BCUT2D eigenvalue weighted by Crippen LogP contribution is -1.95. The molecule has 0 fully saturated rings. The van der Waals surface area contributed by atoms with E-state index in [4.69, 9.17) is 0 Å². The molecule has 0 rings (SSSR count). The molecular formula is C6H8O3. The quantitative estimate of drug-likeness (QED) is 0.305. The summed E-state index contributed by atoms with van der Waals surface area (Å²) in [5, 5.41) is 0. The van der Waals surface area contributed by atoms with Crippen LogP contribution in [-0.2, 0) is 14.3 Å². The second-order valence-electron chi connectivity index (χ2n) is 1.53. The molecule has 0 spiro atoms. The van der Waals surface area contributed by atoms with Crippen molar-refractivity contribution in [2.45, 2.75) is 6.92 Å². The summed E-state index contributed by atoms with van der Waals surface area (Å²) >= 11 is 0. The van der Waals surface area contributed by atoms with Gasteiger partial charge in [-0.05, 0) is 12.5 Å². The molecule has 0 aliphatic carbocycles. The highest BCUT2D eigenvalue weighted by atomic mass is 16.5. The molecule has 0 aliphatic heterocycles. The van der Waals surface area contributed by atoms with Crippen molar-refractivity contribution in [3.63, 3.8) is 0 Å². The van der Waals surface area contributed by atoms with Crippen LogP contribution in [0.25, 0.3) is 0 Å². The fourth-order valence-corrected chi connectivity index (χ4v) is 0.279. The Balaban J connectivity index is 3.94. The minimum atomic E-state index is -0.500. The Labute approximate surface area is 53.3 Å². The molecule has 0 radical (unpaired) electrons. The second kappa shape index (κ2) is 3.83. The molecule has 0 amide bonds. The Morgan fingerprint density at radius 1 is 1.56 bits per heavy atom. The molecule has 0 heterocycles. The first-order valence-electron chi connectivity index (χ1n) is 2.42. The Morgan fingerprint density at radius 3 is 2.44 bits per heavy atom. The highest BCUT2D eigenvalue weighted by molar-refractivity contribution is 5.89. The van der Waals surface area contributed by atoms with Crippen LogP contribution in [0, 0.1) is 0 Å². The Morgan fingerprint density at radius 2 is 2.11 bits per heavy atom. The zero-order valence-corrected chi connectivity index (χ0v) is 5.38. The van der Waals surface area contributed by atoms with E-state index in [9.17, 15) is 9.59 Å². The van der Waals surface area contributed by atoms with Crippen molar-refractivity contribution >= 4 is 12.3 Å². The molecule has 9 heavy (non-hydrogen) atoms. The first-order chi connectivity index (χ1) is 4.20.